The number of nitro groups is 1. The van der Waals surface area contributed by atoms with Crippen molar-refractivity contribution in [3.05, 3.63) is 39.9 Å². The SMILES string of the molecule is O=[N+]([O-])c1ccccc1/C=N/N1CCCC1. The molecule has 0 aromatic heterocycles. The van der Waals surface area contributed by atoms with Crippen LogP contribution in [0.15, 0.2) is 29.4 Å². The molecule has 84 valence electrons. The van der Waals surface area contributed by atoms with Gasteiger partial charge in [-0.05, 0) is 18.9 Å². The molecule has 0 spiro atoms. The summed E-state index contributed by atoms with van der Waals surface area (Å²) >= 11 is 0. The van der Waals surface area contributed by atoms with Gasteiger partial charge in [0.05, 0.1) is 16.7 Å². The lowest BCUT2D eigenvalue weighted by atomic mass is 10.2. The third-order valence-corrected chi connectivity index (χ3v) is 2.58. The Morgan fingerprint density at radius 2 is 2.00 bits per heavy atom. The molecule has 0 N–H and O–H groups in total. The van der Waals surface area contributed by atoms with Crippen molar-refractivity contribution < 1.29 is 4.92 Å². The second kappa shape index (κ2) is 4.74. The summed E-state index contributed by atoms with van der Waals surface area (Å²) in [6, 6.07) is 6.63. The van der Waals surface area contributed by atoms with E-state index in [1.807, 2.05) is 5.01 Å². The molecule has 0 aliphatic carbocycles. The molecule has 1 fully saturated rings. The minimum Gasteiger partial charge on any atom is -0.297 e. The van der Waals surface area contributed by atoms with Gasteiger partial charge in [0.25, 0.3) is 5.69 Å². The second-order valence-corrected chi connectivity index (χ2v) is 3.72. The van der Waals surface area contributed by atoms with E-state index < -0.39 is 0 Å². The van der Waals surface area contributed by atoms with E-state index in [1.165, 1.54) is 6.07 Å². The van der Waals surface area contributed by atoms with E-state index in [4.69, 9.17) is 0 Å². The molecule has 5 heteroatoms. The van der Waals surface area contributed by atoms with Crippen LogP contribution >= 0.6 is 0 Å². The van der Waals surface area contributed by atoms with Crippen molar-refractivity contribution in [2.75, 3.05) is 13.1 Å². The lowest BCUT2D eigenvalue weighted by molar-refractivity contribution is -0.385. The summed E-state index contributed by atoms with van der Waals surface area (Å²) < 4.78 is 0. The van der Waals surface area contributed by atoms with Gasteiger partial charge in [-0.3, -0.25) is 15.1 Å². The Labute approximate surface area is 93.5 Å². The van der Waals surface area contributed by atoms with Gasteiger partial charge in [-0.2, -0.15) is 5.10 Å². The standard InChI is InChI=1S/C11H13N3O2/c15-14(16)11-6-2-1-5-10(11)9-12-13-7-3-4-8-13/h1-2,5-6,9H,3-4,7-8H2/b12-9+. The molecule has 0 unspecified atom stereocenters. The molecule has 1 aliphatic heterocycles. The van der Waals surface area contributed by atoms with Gasteiger partial charge >= 0.3 is 0 Å². The van der Waals surface area contributed by atoms with Crippen LogP contribution in [-0.2, 0) is 0 Å². The van der Waals surface area contributed by atoms with Crippen LogP contribution < -0.4 is 0 Å². The normalized spacial score (nSPS) is 15.9. The summed E-state index contributed by atoms with van der Waals surface area (Å²) in [6.07, 6.45) is 3.87. The van der Waals surface area contributed by atoms with E-state index in [1.54, 1.807) is 24.4 Å². The maximum Gasteiger partial charge on any atom is 0.278 e. The van der Waals surface area contributed by atoms with Gasteiger partial charge in [0.2, 0.25) is 0 Å². The molecular weight excluding hydrogens is 206 g/mol. The first-order valence-electron chi connectivity index (χ1n) is 5.30. The maximum absolute atomic E-state index is 10.7. The van der Waals surface area contributed by atoms with Gasteiger partial charge in [-0.25, -0.2) is 0 Å². The van der Waals surface area contributed by atoms with Crippen LogP contribution in [-0.4, -0.2) is 29.2 Å². The van der Waals surface area contributed by atoms with E-state index in [-0.39, 0.29) is 10.6 Å². The predicted octanol–water partition coefficient (Wildman–Crippen LogP) is 2.02. The van der Waals surface area contributed by atoms with Crippen molar-refractivity contribution in [3.63, 3.8) is 0 Å². The molecule has 5 nitrogen and oxygen atoms in total. The Kier molecular flexibility index (Phi) is 3.14. The number of hydrazone groups is 1. The minimum absolute atomic E-state index is 0.102. The van der Waals surface area contributed by atoms with Crippen molar-refractivity contribution in [1.82, 2.24) is 5.01 Å². The average Bonchev–Trinajstić information content (AvgIpc) is 2.79. The minimum atomic E-state index is -0.384. The van der Waals surface area contributed by atoms with Gasteiger partial charge in [0, 0.05) is 19.2 Å². The fourth-order valence-corrected chi connectivity index (χ4v) is 1.72. The molecule has 1 aromatic rings. The molecule has 2 rings (SSSR count). The summed E-state index contributed by atoms with van der Waals surface area (Å²) in [5.41, 5.74) is 0.657. The molecule has 1 heterocycles. The van der Waals surface area contributed by atoms with Crippen LogP contribution in [0.3, 0.4) is 0 Å². The molecule has 0 bridgehead atoms. The van der Waals surface area contributed by atoms with Gasteiger partial charge < -0.3 is 0 Å². The van der Waals surface area contributed by atoms with Crippen LogP contribution in [0.25, 0.3) is 0 Å². The topological polar surface area (TPSA) is 58.7 Å². The van der Waals surface area contributed by atoms with Crippen molar-refractivity contribution in [2.45, 2.75) is 12.8 Å². The molecule has 1 aliphatic rings. The van der Waals surface area contributed by atoms with Gasteiger partial charge in [0.15, 0.2) is 0 Å². The maximum atomic E-state index is 10.7. The predicted molar refractivity (Wildman–Crippen MR) is 61.5 cm³/mol. The number of para-hydroxylation sites is 1. The Morgan fingerprint density at radius 1 is 1.31 bits per heavy atom. The van der Waals surface area contributed by atoms with Crippen molar-refractivity contribution >= 4 is 11.9 Å². The van der Waals surface area contributed by atoms with Crippen molar-refractivity contribution in [1.29, 1.82) is 0 Å². The smallest absolute Gasteiger partial charge is 0.278 e. The van der Waals surface area contributed by atoms with E-state index in [0.717, 1.165) is 25.9 Å². The average molecular weight is 219 g/mol. The molecule has 1 aromatic carbocycles. The van der Waals surface area contributed by atoms with E-state index >= 15 is 0 Å². The fraction of sp³-hybridized carbons (Fsp3) is 0.364. The van der Waals surface area contributed by atoms with E-state index in [0.29, 0.717) is 5.56 Å². The third kappa shape index (κ3) is 2.36. The quantitative estimate of drug-likeness (QED) is 0.444. The largest absolute Gasteiger partial charge is 0.297 e. The molecule has 0 saturated carbocycles. The summed E-state index contributed by atoms with van der Waals surface area (Å²) in [6.45, 7) is 1.88. The monoisotopic (exact) mass is 219 g/mol. The zero-order chi connectivity index (χ0) is 11.4. The molecule has 16 heavy (non-hydrogen) atoms. The first-order chi connectivity index (χ1) is 7.77. The number of rotatable bonds is 3. The molecule has 0 atom stereocenters. The second-order valence-electron chi connectivity index (χ2n) is 3.72. The molecule has 0 amide bonds. The number of benzene rings is 1. The summed E-state index contributed by atoms with van der Waals surface area (Å²) in [4.78, 5) is 10.4. The first-order valence-corrected chi connectivity index (χ1v) is 5.30. The highest BCUT2D eigenvalue weighted by Gasteiger charge is 2.11. The lowest BCUT2D eigenvalue weighted by Gasteiger charge is -2.08. The van der Waals surface area contributed by atoms with Crippen LogP contribution in [0.1, 0.15) is 18.4 Å². The van der Waals surface area contributed by atoms with Crippen LogP contribution in [0.2, 0.25) is 0 Å². The van der Waals surface area contributed by atoms with Gasteiger partial charge in [0.1, 0.15) is 0 Å². The number of nitrogens with zero attached hydrogens (tertiary/aromatic N) is 3. The van der Waals surface area contributed by atoms with Crippen LogP contribution in [0.5, 0.6) is 0 Å². The molecular formula is C11H13N3O2. The highest BCUT2D eigenvalue weighted by Crippen LogP contribution is 2.16. The van der Waals surface area contributed by atoms with E-state index in [2.05, 4.69) is 5.10 Å². The van der Waals surface area contributed by atoms with Gasteiger partial charge in [-0.15, -0.1) is 0 Å². The Hall–Kier alpha value is -1.91. The first kappa shape index (κ1) is 10.6. The summed E-state index contributed by atoms with van der Waals surface area (Å²) in [5.74, 6) is 0. The lowest BCUT2D eigenvalue weighted by Crippen LogP contribution is -2.11. The third-order valence-electron chi connectivity index (χ3n) is 2.58. The van der Waals surface area contributed by atoms with Crippen molar-refractivity contribution in [3.8, 4) is 0 Å². The Morgan fingerprint density at radius 3 is 2.69 bits per heavy atom. The zero-order valence-electron chi connectivity index (χ0n) is 8.87. The summed E-state index contributed by atoms with van der Waals surface area (Å²) in [5, 5.41) is 16.9. The van der Waals surface area contributed by atoms with E-state index in [9.17, 15) is 10.1 Å². The van der Waals surface area contributed by atoms with Gasteiger partial charge in [-0.1, -0.05) is 12.1 Å². The molecule has 0 radical (unpaired) electrons. The summed E-state index contributed by atoms with van der Waals surface area (Å²) in [7, 11) is 0. The zero-order valence-corrected chi connectivity index (χ0v) is 8.87. The fourth-order valence-electron chi connectivity index (χ4n) is 1.72. The van der Waals surface area contributed by atoms with Crippen LogP contribution in [0.4, 0.5) is 5.69 Å². The van der Waals surface area contributed by atoms with Crippen LogP contribution in [0, 0.1) is 10.1 Å². The van der Waals surface area contributed by atoms with Crippen molar-refractivity contribution in [2.24, 2.45) is 5.10 Å². The number of hydrogen-bond donors (Lipinski definition) is 0. The Bertz CT molecular complexity index is 411. The highest BCUT2D eigenvalue weighted by molar-refractivity contribution is 5.84. The molecule has 1 saturated heterocycles. The Balaban J connectivity index is 2.16. The number of nitro benzene ring substituents is 1. The number of hydrogen-bond acceptors (Lipinski definition) is 4. The highest BCUT2D eigenvalue weighted by atomic mass is 16.6.